The Bertz CT molecular complexity index is 418. The predicted molar refractivity (Wildman–Crippen MR) is 90.4 cm³/mol. The van der Waals surface area contributed by atoms with E-state index in [2.05, 4.69) is 77.2 Å². The lowest BCUT2D eigenvalue weighted by molar-refractivity contribution is 0.590. The summed E-state index contributed by atoms with van der Waals surface area (Å²) in [7, 11) is 0. The van der Waals surface area contributed by atoms with Crippen molar-refractivity contribution in [3.8, 4) is 0 Å². The maximum Gasteiger partial charge on any atom is 0.00105 e. The van der Waals surface area contributed by atoms with Crippen molar-refractivity contribution in [1.29, 1.82) is 0 Å². The fourth-order valence-corrected chi connectivity index (χ4v) is 2.21. The van der Waals surface area contributed by atoms with Crippen LogP contribution in [0.25, 0.3) is 0 Å². The molecular weight excluding hydrogens is 242 g/mol. The van der Waals surface area contributed by atoms with Crippen molar-refractivity contribution >= 4 is 0 Å². The van der Waals surface area contributed by atoms with E-state index in [0.29, 0.717) is 6.04 Å². The summed E-state index contributed by atoms with van der Waals surface area (Å²) in [6, 6.07) is 9.65. The molecule has 1 aromatic rings. The average molecular weight is 273 g/mol. The van der Waals surface area contributed by atoms with Gasteiger partial charge in [-0.15, -0.1) is 0 Å². The molecule has 1 aromatic carbocycles. The maximum atomic E-state index is 3.44. The third kappa shape index (κ3) is 6.38. The quantitative estimate of drug-likeness (QED) is 0.576. The number of benzene rings is 1. The van der Waals surface area contributed by atoms with Gasteiger partial charge < -0.3 is 5.32 Å². The normalized spacial score (nSPS) is 13.1. The van der Waals surface area contributed by atoms with Crippen LogP contribution in [0.2, 0.25) is 0 Å². The molecule has 0 saturated heterocycles. The molecule has 0 fully saturated rings. The minimum atomic E-state index is 0.242. The van der Waals surface area contributed by atoms with Gasteiger partial charge in [0.15, 0.2) is 0 Å². The third-order valence-corrected chi connectivity index (χ3v) is 3.49. The zero-order chi connectivity index (χ0) is 15.2. The Labute approximate surface area is 125 Å². The number of hydrogen-bond donors (Lipinski definition) is 1. The molecule has 0 unspecified atom stereocenters. The van der Waals surface area contributed by atoms with Crippen molar-refractivity contribution in [1.82, 2.24) is 5.32 Å². The van der Waals surface area contributed by atoms with Gasteiger partial charge in [0.2, 0.25) is 0 Å². The van der Waals surface area contributed by atoms with E-state index in [0.717, 1.165) is 19.4 Å². The molecular formula is C19H31N. The second kappa shape index (κ2) is 7.64. The van der Waals surface area contributed by atoms with E-state index in [9.17, 15) is 0 Å². The van der Waals surface area contributed by atoms with Gasteiger partial charge >= 0.3 is 0 Å². The fraction of sp³-hybridized carbons (Fsp3) is 0.579. The van der Waals surface area contributed by atoms with Gasteiger partial charge in [-0.05, 0) is 42.9 Å². The predicted octanol–water partition coefficient (Wildman–Crippen LogP) is 4.86. The summed E-state index contributed by atoms with van der Waals surface area (Å²) in [6.07, 6.45) is 4.53. The maximum absolute atomic E-state index is 3.44. The van der Waals surface area contributed by atoms with Crippen LogP contribution in [0.5, 0.6) is 0 Å². The van der Waals surface area contributed by atoms with Crippen molar-refractivity contribution in [3.63, 3.8) is 0 Å². The Morgan fingerprint density at radius 2 is 1.75 bits per heavy atom. The molecule has 0 spiro atoms. The standard InChI is InChI=1S/C19H31N/c1-15(2)20-13-7-8-16(3)14-17-9-11-18(12-10-17)19(4,5)6/h8-12,15,20H,7,13-14H2,1-6H3. The molecule has 0 aliphatic rings. The molecule has 0 bridgehead atoms. The van der Waals surface area contributed by atoms with E-state index in [4.69, 9.17) is 0 Å². The van der Waals surface area contributed by atoms with Crippen molar-refractivity contribution in [2.45, 2.75) is 65.8 Å². The largest absolute Gasteiger partial charge is 0.314 e. The van der Waals surface area contributed by atoms with Gasteiger partial charge in [0, 0.05) is 6.04 Å². The summed E-state index contributed by atoms with van der Waals surface area (Å²) in [5.41, 5.74) is 4.51. The molecule has 0 amide bonds. The van der Waals surface area contributed by atoms with Crippen LogP contribution < -0.4 is 5.32 Å². The van der Waals surface area contributed by atoms with Gasteiger partial charge in [-0.25, -0.2) is 0 Å². The fourth-order valence-electron chi connectivity index (χ4n) is 2.21. The first-order valence-corrected chi connectivity index (χ1v) is 7.77. The Hall–Kier alpha value is -1.08. The zero-order valence-corrected chi connectivity index (χ0v) is 14.1. The van der Waals surface area contributed by atoms with Crippen molar-refractivity contribution in [3.05, 3.63) is 47.0 Å². The SMILES string of the molecule is CC(=CCCNC(C)C)Cc1ccc(C(C)(C)C)cc1. The lowest BCUT2D eigenvalue weighted by atomic mass is 9.86. The van der Waals surface area contributed by atoms with E-state index in [1.165, 1.54) is 16.7 Å². The lowest BCUT2D eigenvalue weighted by Crippen LogP contribution is -2.23. The summed E-state index contributed by atoms with van der Waals surface area (Å²) in [5.74, 6) is 0. The molecule has 0 aliphatic heterocycles. The van der Waals surface area contributed by atoms with Gasteiger partial charge in [0.05, 0.1) is 0 Å². The number of nitrogens with one attached hydrogen (secondary N) is 1. The molecule has 0 heterocycles. The average Bonchev–Trinajstić information content (AvgIpc) is 2.34. The molecule has 0 aromatic heterocycles. The van der Waals surface area contributed by atoms with Gasteiger partial charge in [-0.3, -0.25) is 0 Å². The van der Waals surface area contributed by atoms with Crippen LogP contribution in [0.15, 0.2) is 35.9 Å². The monoisotopic (exact) mass is 273 g/mol. The third-order valence-electron chi connectivity index (χ3n) is 3.49. The van der Waals surface area contributed by atoms with Gasteiger partial charge in [-0.2, -0.15) is 0 Å². The number of allylic oxidation sites excluding steroid dienone is 1. The van der Waals surface area contributed by atoms with Crippen molar-refractivity contribution in [2.75, 3.05) is 6.54 Å². The first kappa shape index (κ1) is 17.0. The molecule has 20 heavy (non-hydrogen) atoms. The number of hydrogen-bond acceptors (Lipinski definition) is 1. The van der Waals surface area contributed by atoms with Crippen LogP contribution in [0, 0.1) is 0 Å². The Morgan fingerprint density at radius 3 is 2.25 bits per heavy atom. The van der Waals surface area contributed by atoms with E-state index < -0.39 is 0 Å². The molecule has 1 rings (SSSR count). The van der Waals surface area contributed by atoms with Crippen LogP contribution in [-0.2, 0) is 11.8 Å². The first-order chi connectivity index (χ1) is 9.29. The molecule has 0 saturated carbocycles. The Morgan fingerprint density at radius 1 is 1.15 bits per heavy atom. The van der Waals surface area contributed by atoms with Crippen molar-refractivity contribution in [2.24, 2.45) is 0 Å². The van der Waals surface area contributed by atoms with E-state index >= 15 is 0 Å². The topological polar surface area (TPSA) is 12.0 Å². The van der Waals surface area contributed by atoms with Crippen molar-refractivity contribution < 1.29 is 0 Å². The zero-order valence-electron chi connectivity index (χ0n) is 14.1. The summed E-state index contributed by atoms with van der Waals surface area (Å²) < 4.78 is 0. The molecule has 0 aliphatic carbocycles. The molecule has 1 heteroatoms. The van der Waals surface area contributed by atoms with Crippen LogP contribution in [0.1, 0.15) is 59.1 Å². The minimum absolute atomic E-state index is 0.242. The van der Waals surface area contributed by atoms with E-state index in [1.807, 2.05) is 0 Å². The van der Waals surface area contributed by atoms with Crippen LogP contribution in [0.4, 0.5) is 0 Å². The molecule has 1 N–H and O–H groups in total. The Balaban J connectivity index is 2.49. The summed E-state index contributed by atoms with van der Waals surface area (Å²) in [5, 5.41) is 3.44. The molecule has 0 radical (unpaired) electrons. The minimum Gasteiger partial charge on any atom is -0.314 e. The first-order valence-electron chi connectivity index (χ1n) is 7.77. The summed E-state index contributed by atoms with van der Waals surface area (Å²) in [4.78, 5) is 0. The highest BCUT2D eigenvalue weighted by atomic mass is 14.9. The molecule has 0 atom stereocenters. The second-order valence-corrected chi connectivity index (χ2v) is 7.07. The number of rotatable bonds is 6. The second-order valence-electron chi connectivity index (χ2n) is 7.07. The lowest BCUT2D eigenvalue weighted by Gasteiger charge is -2.19. The highest BCUT2D eigenvalue weighted by Crippen LogP contribution is 2.22. The van der Waals surface area contributed by atoms with E-state index in [-0.39, 0.29) is 5.41 Å². The molecule has 112 valence electrons. The Kier molecular flexibility index (Phi) is 6.48. The smallest absolute Gasteiger partial charge is 0.00105 e. The van der Waals surface area contributed by atoms with Gasteiger partial charge in [0.1, 0.15) is 0 Å². The van der Waals surface area contributed by atoms with Crippen LogP contribution in [-0.4, -0.2) is 12.6 Å². The van der Waals surface area contributed by atoms with Gasteiger partial charge in [0.25, 0.3) is 0 Å². The van der Waals surface area contributed by atoms with E-state index in [1.54, 1.807) is 0 Å². The summed E-state index contributed by atoms with van der Waals surface area (Å²) in [6.45, 7) is 14.4. The highest BCUT2D eigenvalue weighted by molar-refractivity contribution is 5.29. The highest BCUT2D eigenvalue weighted by Gasteiger charge is 2.12. The van der Waals surface area contributed by atoms with Gasteiger partial charge in [-0.1, -0.05) is 70.5 Å². The van der Waals surface area contributed by atoms with Crippen LogP contribution in [0.3, 0.4) is 0 Å². The van der Waals surface area contributed by atoms with Crippen LogP contribution >= 0.6 is 0 Å². The summed E-state index contributed by atoms with van der Waals surface area (Å²) >= 11 is 0. The molecule has 1 nitrogen and oxygen atoms in total.